The largest absolute Gasteiger partial charge is 0.350 e. The second-order valence-corrected chi connectivity index (χ2v) is 5.85. The molecule has 1 N–H and O–H groups in total. The molecule has 3 rings (SSSR count). The SMILES string of the molecule is CCCN1C[C@@H](C(=O)NCc2cnc3cnccn23)CCC1=O. The van der Waals surface area contributed by atoms with Gasteiger partial charge in [-0.1, -0.05) is 6.92 Å². The molecule has 0 aromatic carbocycles. The first-order valence-corrected chi connectivity index (χ1v) is 8.00. The van der Waals surface area contributed by atoms with Gasteiger partial charge in [0, 0.05) is 31.9 Å². The number of aromatic nitrogens is 3. The zero-order chi connectivity index (χ0) is 16.2. The van der Waals surface area contributed by atoms with Gasteiger partial charge in [-0.15, -0.1) is 0 Å². The van der Waals surface area contributed by atoms with Gasteiger partial charge in [0.25, 0.3) is 0 Å². The summed E-state index contributed by atoms with van der Waals surface area (Å²) < 4.78 is 1.90. The molecule has 0 saturated carbocycles. The lowest BCUT2D eigenvalue weighted by Gasteiger charge is -2.31. The van der Waals surface area contributed by atoms with Crippen LogP contribution in [0.4, 0.5) is 0 Å². The van der Waals surface area contributed by atoms with Gasteiger partial charge in [0.05, 0.1) is 30.6 Å². The lowest BCUT2D eigenvalue weighted by atomic mass is 9.96. The lowest BCUT2D eigenvalue weighted by Crippen LogP contribution is -2.45. The van der Waals surface area contributed by atoms with E-state index in [1.165, 1.54) is 0 Å². The number of rotatable bonds is 5. The van der Waals surface area contributed by atoms with Gasteiger partial charge in [0.15, 0.2) is 5.65 Å². The normalized spacial score (nSPS) is 18.4. The molecule has 0 bridgehead atoms. The highest BCUT2D eigenvalue weighted by atomic mass is 16.2. The van der Waals surface area contributed by atoms with Gasteiger partial charge in [-0.05, 0) is 12.8 Å². The number of carbonyl (C=O) groups excluding carboxylic acids is 2. The summed E-state index contributed by atoms with van der Waals surface area (Å²) in [6.07, 6.45) is 8.93. The zero-order valence-corrected chi connectivity index (χ0v) is 13.2. The van der Waals surface area contributed by atoms with Crippen LogP contribution in [0.15, 0.2) is 24.8 Å². The fraction of sp³-hybridized carbons (Fsp3) is 0.500. The van der Waals surface area contributed by atoms with Gasteiger partial charge >= 0.3 is 0 Å². The van der Waals surface area contributed by atoms with Crippen molar-refractivity contribution in [3.05, 3.63) is 30.5 Å². The topological polar surface area (TPSA) is 79.6 Å². The van der Waals surface area contributed by atoms with Gasteiger partial charge < -0.3 is 10.2 Å². The zero-order valence-electron chi connectivity index (χ0n) is 13.2. The summed E-state index contributed by atoms with van der Waals surface area (Å²) in [5.74, 6) is 0.0351. The lowest BCUT2D eigenvalue weighted by molar-refractivity contribution is -0.138. The van der Waals surface area contributed by atoms with E-state index in [4.69, 9.17) is 0 Å². The molecule has 1 saturated heterocycles. The van der Waals surface area contributed by atoms with E-state index in [0.717, 1.165) is 24.3 Å². The third kappa shape index (κ3) is 3.33. The second-order valence-electron chi connectivity index (χ2n) is 5.85. The second kappa shape index (κ2) is 6.76. The Labute approximate surface area is 134 Å². The highest BCUT2D eigenvalue weighted by Gasteiger charge is 2.29. The number of imidazole rings is 1. The van der Waals surface area contributed by atoms with Crippen LogP contribution >= 0.6 is 0 Å². The van der Waals surface area contributed by atoms with Crippen LogP contribution < -0.4 is 5.32 Å². The van der Waals surface area contributed by atoms with Gasteiger partial charge in [-0.2, -0.15) is 0 Å². The van der Waals surface area contributed by atoms with Crippen LogP contribution in [0.1, 0.15) is 31.9 Å². The molecule has 7 heteroatoms. The van der Waals surface area contributed by atoms with Crippen molar-refractivity contribution < 1.29 is 9.59 Å². The Morgan fingerprint density at radius 1 is 1.43 bits per heavy atom. The van der Waals surface area contributed by atoms with E-state index >= 15 is 0 Å². The first-order valence-electron chi connectivity index (χ1n) is 8.00. The molecule has 0 spiro atoms. The molecule has 2 amide bonds. The summed E-state index contributed by atoms with van der Waals surface area (Å²) in [5, 5.41) is 2.97. The summed E-state index contributed by atoms with van der Waals surface area (Å²) in [6, 6.07) is 0. The van der Waals surface area contributed by atoms with E-state index in [-0.39, 0.29) is 17.7 Å². The highest BCUT2D eigenvalue weighted by molar-refractivity contribution is 5.83. The van der Waals surface area contributed by atoms with Crippen molar-refractivity contribution in [1.82, 2.24) is 24.6 Å². The van der Waals surface area contributed by atoms with Crippen LogP contribution in [-0.2, 0) is 16.1 Å². The van der Waals surface area contributed by atoms with Crippen molar-refractivity contribution in [2.75, 3.05) is 13.1 Å². The molecule has 1 aliphatic heterocycles. The molecule has 2 aromatic rings. The molecule has 1 atom stereocenters. The number of nitrogens with zero attached hydrogens (tertiary/aromatic N) is 4. The number of carbonyl (C=O) groups is 2. The first kappa shape index (κ1) is 15.5. The van der Waals surface area contributed by atoms with Crippen LogP contribution in [0.3, 0.4) is 0 Å². The number of amides is 2. The molecule has 2 aromatic heterocycles. The Morgan fingerprint density at radius 2 is 2.30 bits per heavy atom. The van der Waals surface area contributed by atoms with E-state index in [2.05, 4.69) is 15.3 Å². The number of piperidine rings is 1. The van der Waals surface area contributed by atoms with Crippen LogP contribution in [0, 0.1) is 5.92 Å². The van der Waals surface area contributed by atoms with Crippen molar-refractivity contribution in [3.63, 3.8) is 0 Å². The van der Waals surface area contributed by atoms with E-state index in [1.807, 2.05) is 17.5 Å². The molecule has 122 valence electrons. The van der Waals surface area contributed by atoms with Crippen LogP contribution in [-0.4, -0.2) is 44.2 Å². The number of nitrogens with one attached hydrogen (secondary N) is 1. The van der Waals surface area contributed by atoms with Gasteiger partial charge in [0.2, 0.25) is 11.8 Å². The molecule has 1 aliphatic rings. The van der Waals surface area contributed by atoms with Crippen molar-refractivity contribution >= 4 is 17.5 Å². The summed E-state index contributed by atoms with van der Waals surface area (Å²) >= 11 is 0. The Balaban J connectivity index is 1.60. The van der Waals surface area contributed by atoms with Crippen molar-refractivity contribution in [1.29, 1.82) is 0 Å². The molecule has 0 unspecified atom stereocenters. The number of hydrogen-bond donors (Lipinski definition) is 1. The Bertz CT molecular complexity index is 711. The smallest absolute Gasteiger partial charge is 0.225 e. The summed E-state index contributed by atoms with van der Waals surface area (Å²) in [5.41, 5.74) is 1.67. The Hall–Kier alpha value is -2.44. The van der Waals surface area contributed by atoms with Crippen molar-refractivity contribution in [2.24, 2.45) is 5.92 Å². The predicted octanol–water partition coefficient (Wildman–Crippen LogP) is 0.994. The average molecular weight is 315 g/mol. The third-order valence-corrected chi connectivity index (χ3v) is 4.20. The quantitative estimate of drug-likeness (QED) is 0.892. The number of fused-ring (bicyclic) bond motifs is 1. The Kier molecular flexibility index (Phi) is 4.55. The summed E-state index contributed by atoms with van der Waals surface area (Å²) in [7, 11) is 0. The predicted molar refractivity (Wildman–Crippen MR) is 84.4 cm³/mol. The van der Waals surface area contributed by atoms with Gasteiger partial charge in [0.1, 0.15) is 0 Å². The molecule has 0 radical (unpaired) electrons. The average Bonchev–Trinajstić information content (AvgIpc) is 2.98. The minimum Gasteiger partial charge on any atom is -0.350 e. The molecule has 1 fully saturated rings. The molecule has 23 heavy (non-hydrogen) atoms. The van der Waals surface area contributed by atoms with Gasteiger partial charge in [-0.3, -0.25) is 19.0 Å². The van der Waals surface area contributed by atoms with E-state index in [0.29, 0.717) is 25.9 Å². The van der Waals surface area contributed by atoms with Crippen molar-refractivity contribution in [3.8, 4) is 0 Å². The molecule has 3 heterocycles. The summed E-state index contributed by atoms with van der Waals surface area (Å²) in [4.78, 5) is 34.3. The third-order valence-electron chi connectivity index (χ3n) is 4.20. The van der Waals surface area contributed by atoms with E-state index < -0.39 is 0 Å². The molecule has 7 nitrogen and oxygen atoms in total. The maximum Gasteiger partial charge on any atom is 0.225 e. The minimum absolute atomic E-state index is 0.00242. The molecular weight excluding hydrogens is 294 g/mol. The number of hydrogen-bond acceptors (Lipinski definition) is 4. The van der Waals surface area contributed by atoms with Crippen LogP contribution in [0.5, 0.6) is 0 Å². The van der Waals surface area contributed by atoms with Crippen LogP contribution in [0.25, 0.3) is 5.65 Å². The Morgan fingerprint density at radius 3 is 3.13 bits per heavy atom. The summed E-state index contributed by atoms with van der Waals surface area (Å²) in [6.45, 7) is 3.71. The fourth-order valence-corrected chi connectivity index (χ4v) is 2.96. The minimum atomic E-state index is -0.125. The van der Waals surface area contributed by atoms with E-state index in [1.54, 1.807) is 23.5 Å². The standard InChI is InChI=1S/C16H21N5O2/c1-2-6-20-11-12(3-4-15(20)22)16(23)19-9-13-8-18-14-10-17-5-7-21(13)14/h5,7-8,10,12H,2-4,6,9,11H2,1H3,(H,19,23)/t12-/m0/s1. The first-order chi connectivity index (χ1) is 11.2. The molecule has 0 aliphatic carbocycles. The highest BCUT2D eigenvalue weighted by Crippen LogP contribution is 2.18. The van der Waals surface area contributed by atoms with Crippen molar-refractivity contribution in [2.45, 2.75) is 32.7 Å². The maximum atomic E-state index is 12.4. The number of likely N-dealkylation sites (tertiary alicyclic amines) is 1. The molecular formula is C16H21N5O2. The van der Waals surface area contributed by atoms with Gasteiger partial charge in [-0.25, -0.2) is 4.98 Å². The van der Waals surface area contributed by atoms with Crippen LogP contribution in [0.2, 0.25) is 0 Å². The maximum absolute atomic E-state index is 12.4. The monoisotopic (exact) mass is 315 g/mol. The fourth-order valence-electron chi connectivity index (χ4n) is 2.96. The van der Waals surface area contributed by atoms with E-state index in [9.17, 15) is 9.59 Å².